The van der Waals surface area contributed by atoms with E-state index in [-0.39, 0.29) is 11.7 Å². The predicted molar refractivity (Wildman–Crippen MR) is 83.6 cm³/mol. The number of thiol groups is 1. The molecule has 0 bridgehead atoms. The molecule has 1 heterocycles. The van der Waals surface area contributed by atoms with E-state index < -0.39 is 5.97 Å². The van der Waals surface area contributed by atoms with Gasteiger partial charge in [-0.3, -0.25) is 4.79 Å². The van der Waals surface area contributed by atoms with Gasteiger partial charge in [0.15, 0.2) is 0 Å². The molecule has 0 spiro atoms. The highest BCUT2D eigenvalue weighted by Crippen LogP contribution is 2.35. The number of carbonyl (C=O) groups excluding carboxylic acids is 2. The van der Waals surface area contributed by atoms with E-state index >= 15 is 0 Å². The maximum atomic E-state index is 11.8. The lowest BCUT2D eigenvalue weighted by molar-refractivity contribution is -0.113. The molecule has 0 fully saturated rings. The number of hydrogen-bond acceptors (Lipinski definition) is 5. The van der Waals surface area contributed by atoms with E-state index in [0.29, 0.717) is 10.6 Å². The summed E-state index contributed by atoms with van der Waals surface area (Å²) in [5.74, 6) is -0.683. The number of methoxy groups -OCH3 is 1. The van der Waals surface area contributed by atoms with Gasteiger partial charge in [0.1, 0.15) is 5.00 Å². The number of ether oxygens (including phenoxy) is 1. The zero-order valence-corrected chi connectivity index (χ0v) is 12.5. The van der Waals surface area contributed by atoms with E-state index in [1.807, 2.05) is 30.3 Å². The first-order valence-electron chi connectivity index (χ1n) is 5.84. The number of nitrogens with one attached hydrogen (secondary N) is 1. The highest BCUT2D eigenvalue weighted by molar-refractivity contribution is 7.81. The van der Waals surface area contributed by atoms with Crippen LogP contribution in [0.25, 0.3) is 10.4 Å². The number of anilines is 1. The second-order valence-electron chi connectivity index (χ2n) is 3.92. The number of carbonyl (C=O) groups is 2. The predicted octanol–water partition coefficient (Wildman–Crippen LogP) is 3.07. The van der Waals surface area contributed by atoms with E-state index in [1.165, 1.54) is 18.4 Å². The molecule has 20 heavy (non-hydrogen) atoms. The second kappa shape index (κ2) is 6.58. The molecule has 0 saturated carbocycles. The highest BCUT2D eigenvalue weighted by atomic mass is 32.1. The van der Waals surface area contributed by atoms with Crippen molar-refractivity contribution in [1.29, 1.82) is 0 Å². The van der Waals surface area contributed by atoms with Gasteiger partial charge in [-0.25, -0.2) is 4.79 Å². The van der Waals surface area contributed by atoms with Crippen LogP contribution < -0.4 is 5.32 Å². The second-order valence-corrected chi connectivity index (χ2v) is 5.29. The third kappa shape index (κ3) is 3.20. The number of benzene rings is 1. The van der Waals surface area contributed by atoms with E-state index in [4.69, 9.17) is 4.74 Å². The first kappa shape index (κ1) is 14.6. The zero-order valence-electron chi connectivity index (χ0n) is 10.8. The Balaban J connectivity index is 2.41. The molecule has 0 aliphatic carbocycles. The molecule has 1 aromatic heterocycles. The van der Waals surface area contributed by atoms with Crippen molar-refractivity contribution in [2.45, 2.75) is 0 Å². The molecule has 4 nitrogen and oxygen atoms in total. The maximum absolute atomic E-state index is 11.8. The van der Waals surface area contributed by atoms with Crippen molar-refractivity contribution < 1.29 is 14.3 Å². The standard InChI is InChI=1S/C14H13NO3S2/c1-18-14(17)10-7-11(9-5-3-2-4-6-9)20-13(10)15-12(16)8-19/h2-7,19H,8H2,1H3,(H,15,16). The third-order valence-electron chi connectivity index (χ3n) is 2.59. The van der Waals surface area contributed by atoms with Crippen LogP contribution in [0.3, 0.4) is 0 Å². The van der Waals surface area contributed by atoms with Gasteiger partial charge in [-0.05, 0) is 11.6 Å². The first-order valence-corrected chi connectivity index (χ1v) is 7.29. The minimum absolute atomic E-state index is 0.0547. The third-order valence-corrected chi connectivity index (χ3v) is 3.98. The molecule has 2 rings (SSSR count). The van der Waals surface area contributed by atoms with E-state index in [2.05, 4.69) is 17.9 Å². The van der Waals surface area contributed by atoms with E-state index in [0.717, 1.165) is 10.4 Å². The quantitative estimate of drug-likeness (QED) is 0.674. The lowest BCUT2D eigenvalue weighted by Gasteiger charge is -2.02. The van der Waals surface area contributed by atoms with Crippen LogP contribution in [0.4, 0.5) is 5.00 Å². The topological polar surface area (TPSA) is 55.4 Å². The molecular weight excluding hydrogens is 294 g/mol. The number of amides is 1. The molecule has 6 heteroatoms. The molecule has 0 unspecified atom stereocenters. The van der Waals surface area contributed by atoms with Gasteiger partial charge in [0, 0.05) is 4.88 Å². The molecule has 0 aliphatic heterocycles. The summed E-state index contributed by atoms with van der Waals surface area (Å²) in [4.78, 5) is 24.1. The molecule has 1 aromatic carbocycles. The van der Waals surface area contributed by atoms with Crippen molar-refractivity contribution >= 4 is 40.8 Å². The summed E-state index contributed by atoms with van der Waals surface area (Å²) < 4.78 is 4.74. The van der Waals surface area contributed by atoms with Crippen LogP contribution in [0.1, 0.15) is 10.4 Å². The molecule has 1 amide bonds. The fraction of sp³-hybridized carbons (Fsp3) is 0.143. The molecule has 1 N–H and O–H groups in total. The number of hydrogen-bond donors (Lipinski definition) is 2. The van der Waals surface area contributed by atoms with Crippen molar-refractivity contribution in [3.05, 3.63) is 42.0 Å². The van der Waals surface area contributed by atoms with Crippen LogP contribution in [-0.4, -0.2) is 24.7 Å². The monoisotopic (exact) mass is 307 g/mol. The Hall–Kier alpha value is -1.79. The van der Waals surface area contributed by atoms with Crippen molar-refractivity contribution in [2.75, 3.05) is 18.2 Å². The fourth-order valence-electron chi connectivity index (χ4n) is 1.66. The fourth-order valence-corrected chi connectivity index (χ4v) is 2.80. The Labute approximate surface area is 126 Å². The number of esters is 1. The Morgan fingerprint density at radius 2 is 2.00 bits per heavy atom. The van der Waals surface area contributed by atoms with Crippen LogP contribution in [0, 0.1) is 0 Å². The van der Waals surface area contributed by atoms with Crippen LogP contribution >= 0.6 is 24.0 Å². The van der Waals surface area contributed by atoms with Crippen LogP contribution in [0.2, 0.25) is 0 Å². The number of rotatable bonds is 4. The summed E-state index contributed by atoms with van der Waals surface area (Å²) in [7, 11) is 1.31. The molecule has 2 aromatic rings. The summed E-state index contributed by atoms with van der Waals surface area (Å²) in [6.45, 7) is 0. The average molecular weight is 307 g/mol. The van der Waals surface area contributed by atoms with Gasteiger partial charge in [0.05, 0.1) is 18.4 Å². The van der Waals surface area contributed by atoms with Crippen molar-refractivity contribution in [1.82, 2.24) is 0 Å². The Bertz CT molecular complexity index is 623. The number of thiophene rings is 1. The van der Waals surface area contributed by atoms with Gasteiger partial charge >= 0.3 is 5.97 Å². The van der Waals surface area contributed by atoms with Gasteiger partial charge in [-0.2, -0.15) is 12.6 Å². The summed E-state index contributed by atoms with van der Waals surface area (Å²) in [6, 6.07) is 11.4. The van der Waals surface area contributed by atoms with Crippen LogP contribution in [0.5, 0.6) is 0 Å². The minimum atomic E-state index is -0.474. The first-order chi connectivity index (χ1) is 9.65. The van der Waals surface area contributed by atoms with Gasteiger partial charge in [0.25, 0.3) is 0 Å². The molecular formula is C14H13NO3S2. The van der Waals surface area contributed by atoms with Crippen LogP contribution in [0.15, 0.2) is 36.4 Å². The molecule has 0 aliphatic rings. The van der Waals surface area contributed by atoms with E-state index in [1.54, 1.807) is 6.07 Å². The summed E-state index contributed by atoms with van der Waals surface area (Å²) >= 11 is 5.24. The molecule has 0 radical (unpaired) electrons. The molecule has 0 atom stereocenters. The zero-order chi connectivity index (χ0) is 14.5. The summed E-state index contributed by atoms with van der Waals surface area (Å²) in [6.07, 6.45) is 0. The maximum Gasteiger partial charge on any atom is 0.340 e. The van der Waals surface area contributed by atoms with Crippen molar-refractivity contribution in [2.24, 2.45) is 0 Å². The lowest BCUT2D eigenvalue weighted by atomic mass is 10.1. The normalized spacial score (nSPS) is 10.1. The van der Waals surface area contributed by atoms with Crippen LogP contribution in [-0.2, 0) is 9.53 Å². The minimum Gasteiger partial charge on any atom is -0.465 e. The summed E-state index contributed by atoms with van der Waals surface area (Å²) in [5, 5.41) is 3.15. The Morgan fingerprint density at radius 3 is 2.60 bits per heavy atom. The highest BCUT2D eigenvalue weighted by Gasteiger charge is 2.18. The largest absolute Gasteiger partial charge is 0.465 e. The molecule has 0 saturated heterocycles. The summed E-state index contributed by atoms with van der Waals surface area (Å²) in [5.41, 5.74) is 1.33. The molecule has 104 valence electrons. The average Bonchev–Trinajstić information content (AvgIpc) is 2.91. The lowest BCUT2D eigenvalue weighted by Crippen LogP contribution is -2.14. The van der Waals surface area contributed by atoms with Gasteiger partial charge < -0.3 is 10.1 Å². The van der Waals surface area contributed by atoms with Gasteiger partial charge in [-0.15, -0.1) is 11.3 Å². The SMILES string of the molecule is COC(=O)c1cc(-c2ccccc2)sc1NC(=O)CS. The van der Waals surface area contributed by atoms with Gasteiger partial charge in [-0.1, -0.05) is 30.3 Å². The van der Waals surface area contributed by atoms with Crippen molar-refractivity contribution in [3.63, 3.8) is 0 Å². The Morgan fingerprint density at radius 1 is 1.30 bits per heavy atom. The smallest absolute Gasteiger partial charge is 0.340 e. The Kier molecular flexibility index (Phi) is 4.81. The van der Waals surface area contributed by atoms with E-state index in [9.17, 15) is 9.59 Å². The van der Waals surface area contributed by atoms with Crippen molar-refractivity contribution in [3.8, 4) is 10.4 Å². The van der Waals surface area contributed by atoms with Gasteiger partial charge in [0.2, 0.25) is 5.91 Å².